The predicted molar refractivity (Wildman–Crippen MR) is 62.8 cm³/mol. The van der Waals surface area contributed by atoms with E-state index < -0.39 is 11.6 Å². The Bertz CT molecular complexity index is 466. The van der Waals surface area contributed by atoms with Gasteiger partial charge in [0.1, 0.15) is 17.3 Å². The van der Waals surface area contributed by atoms with Crippen LogP contribution in [-0.4, -0.2) is 11.5 Å². The molecule has 0 radical (unpaired) electrons. The maximum atomic E-state index is 13.3. The maximum absolute atomic E-state index is 13.3. The summed E-state index contributed by atoms with van der Waals surface area (Å²) >= 11 is 0. The molecule has 0 saturated carbocycles. The monoisotopic (exact) mass is 234 g/mol. The molecule has 2 nitrogen and oxygen atoms in total. The van der Waals surface area contributed by atoms with E-state index in [1.165, 1.54) is 18.2 Å². The summed E-state index contributed by atoms with van der Waals surface area (Å²) in [4.78, 5) is 3.97. The van der Waals surface area contributed by atoms with E-state index in [1.807, 2.05) is 12.1 Å². The molecule has 88 valence electrons. The maximum Gasteiger partial charge on any atom is 0.149 e. The van der Waals surface area contributed by atoms with Crippen molar-refractivity contribution in [1.82, 2.24) is 4.98 Å². The minimum atomic E-state index is -0.573. The number of pyridine rings is 1. The number of aromatic nitrogens is 1. The summed E-state index contributed by atoms with van der Waals surface area (Å²) in [7, 11) is 0. The van der Waals surface area contributed by atoms with Crippen LogP contribution < -0.4 is 5.32 Å². The van der Waals surface area contributed by atoms with Gasteiger partial charge in [-0.1, -0.05) is 12.1 Å². The van der Waals surface area contributed by atoms with Gasteiger partial charge in [0.05, 0.1) is 0 Å². The summed E-state index contributed by atoms with van der Waals surface area (Å²) < 4.78 is 26.5. The summed E-state index contributed by atoms with van der Waals surface area (Å²) in [5, 5.41) is 2.75. The summed E-state index contributed by atoms with van der Waals surface area (Å²) in [5.41, 5.74) is 0.952. The zero-order valence-corrected chi connectivity index (χ0v) is 9.16. The summed E-state index contributed by atoms with van der Waals surface area (Å²) in [6.07, 6.45) is 4.09. The van der Waals surface area contributed by atoms with E-state index in [2.05, 4.69) is 10.3 Å². The summed E-state index contributed by atoms with van der Waals surface area (Å²) in [6, 6.07) is 7.56. The van der Waals surface area contributed by atoms with Gasteiger partial charge in [0.15, 0.2) is 0 Å². The van der Waals surface area contributed by atoms with Crippen molar-refractivity contribution >= 4 is 5.69 Å². The number of nitrogens with zero attached hydrogens (tertiary/aromatic N) is 1. The molecule has 0 bridgehead atoms. The third kappa shape index (κ3) is 3.00. The lowest BCUT2D eigenvalue weighted by Crippen LogP contribution is -2.08. The Kier molecular flexibility index (Phi) is 3.65. The molecule has 0 spiro atoms. The highest BCUT2D eigenvalue weighted by Crippen LogP contribution is 2.17. The van der Waals surface area contributed by atoms with Gasteiger partial charge in [-0.15, -0.1) is 0 Å². The molecule has 0 atom stereocenters. The van der Waals surface area contributed by atoms with Crippen molar-refractivity contribution in [2.75, 3.05) is 11.9 Å². The van der Waals surface area contributed by atoms with Gasteiger partial charge in [0.2, 0.25) is 0 Å². The zero-order chi connectivity index (χ0) is 12.1. The lowest BCUT2D eigenvalue weighted by Gasteiger charge is -2.08. The predicted octanol–water partition coefficient (Wildman–Crippen LogP) is 3.01. The molecule has 17 heavy (non-hydrogen) atoms. The summed E-state index contributed by atoms with van der Waals surface area (Å²) in [6.45, 7) is 0.462. The molecule has 0 aliphatic rings. The molecule has 1 aromatic heterocycles. The van der Waals surface area contributed by atoms with Gasteiger partial charge >= 0.3 is 0 Å². The molecular formula is C13H12F2N2. The lowest BCUT2D eigenvalue weighted by molar-refractivity contribution is 0.588. The second-order valence-corrected chi connectivity index (χ2v) is 3.63. The fourth-order valence-electron chi connectivity index (χ4n) is 1.54. The van der Waals surface area contributed by atoms with Gasteiger partial charge in [0.25, 0.3) is 0 Å². The third-order valence-corrected chi connectivity index (χ3v) is 2.40. The Balaban J connectivity index is 1.95. The van der Waals surface area contributed by atoms with E-state index >= 15 is 0 Å². The molecule has 0 aliphatic carbocycles. The highest BCUT2D eigenvalue weighted by molar-refractivity contribution is 5.46. The molecule has 2 rings (SSSR count). The second kappa shape index (κ2) is 5.39. The van der Waals surface area contributed by atoms with Crippen LogP contribution in [0.1, 0.15) is 5.56 Å². The molecule has 0 amide bonds. The van der Waals surface area contributed by atoms with Crippen LogP contribution in [0.25, 0.3) is 0 Å². The Hall–Kier alpha value is -1.97. The number of hydrogen-bond acceptors (Lipinski definition) is 2. The summed E-state index contributed by atoms with van der Waals surface area (Å²) in [5.74, 6) is -1.15. The third-order valence-electron chi connectivity index (χ3n) is 2.40. The molecule has 0 aliphatic heterocycles. The van der Waals surface area contributed by atoms with Crippen molar-refractivity contribution in [1.29, 1.82) is 0 Å². The molecule has 0 fully saturated rings. The first kappa shape index (κ1) is 11.5. The first-order valence-corrected chi connectivity index (χ1v) is 5.34. The van der Waals surface area contributed by atoms with E-state index in [1.54, 1.807) is 12.4 Å². The second-order valence-electron chi connectivity index (χ2n) is 3.63. The van der Waals surface area contributed by atoms with Crippen molar-refractivity contribution in [2.24, 2.45) is 0 Å². The Labute approximate surface area is 98.3 Å². The Morgan fingerprint density at radius 3 is 2.47 bits per heavy atom. The van der Waals surface area contributed by atoms with E-state index in [0.717, 1.165) is 5.56 Å². The van der Waals surface area contributed by atoms with E-state index in [-0.39, 0.29) is 5.69 Å². The normalized spacial score (nSPS) is 10.2. The number of anilines is 1. The fraction of sp³-hybridized carbons (Fsp3) is 0.154. The van der Waals surface area contributed by atoms with Crippen molar-refractivity contribution in [3.8, 4) is 0 Å². The molecule has 1 heterocycles. The van der Waals surface area contributed by atoms with Gasteiger partial charge in [-0.2, -0.15) is 0 Å². The molecule has 1 aromatic carbocycles. The zero-order valence-electron chi connectivity index (χ0n) is 9.16. The first-order chi connectivity index (χ1) is 8.27. The average Bonchev–Trinajstić information content (AvgIpc) is 2.34. The molecule has 0 unspecified atom stereocenters. The van der Waals surface area contributed by atoms with Crippen LogP contribution in [0.3, 0.4) is 0 Å². The molecule has 4 heteroatoms. The van der Waals surface area contributed by atoms with Gasteiger partial charge in [-0.3, -0.25) is 4.98 Å². The quantitative estimate of drug-likeness (QED) is 0.879. The van der Waals surface area contributed by atoms with Crippen LogP contribution in [0.15, 0.2) is 42.7 Å². The molecule has 2 aromatic rings. The average molecular weight is 234 g/mol. The van der Waals surface area contributed by atoms with Gasteiger partial charge in [0, 0.05) is 18.9 Å². The fourth-order valence-corrected chi connectivity index (χ4v) is 1.54. The van der Waals surface area contributed by atoms with Crippen molar-refractivity contribution in [3.05, 3.63) is 59.9 Å². The van der Waals surface area contributed by atoms with Gasteiger partial charge in [-0.25, -0.2) is 8.78 Å². The van der Waals surface area contributed by atoms with Crippen molar-refractivity contribution in [2.45, 2.75) is 6.42 Å². The first-order valence-electron chi connectivity index (χ1n) is 5.34. The van der Waals surface area contributed by atoms with Gasteiger partial charge < -0.3 is 5.32 Å². The minimum Gasteiger partial charge on any atom is -0.380 e. The Morgan fingerprint density at radius 2 is 1.82 bits per heavy atom. The van der Waals surface area contributed by atoms with E-state index in [9.17, 15) is 8.78 Å². The van der Waals surface area contributed by atoms with Gasteiger partial charge in [-0.05, 0) is 30.2 Å². The number of halogens is 2. The molecular weight excluding hydrogens is 222 g/mol. The number of hydrogen-bond donors (Lipinski definition) is 1. The van der Waals surface area contributed by atoms with Crippen molar-refractivity contribution in [3.63, 3.8) is 0 Å². The lowest BCUT2D eigenvalue weighted by atomic mass is 10.2. The number of benzene rings is 1. The van der Waals surface area contributed by atoms with Crippen LogP contribution in [-0.2, 0) is 6.42 Å². The van der Waals surface area contributed by atoms with Crippen molar-refractivity contribution < 1.29 is 8.78 Å². The highest BCUT2D eigenvalue weighted by atomic mass is 19.1. The van der Waals surface area contributed by atoms with Crippen LogP contribution >= 0.6 is 0 Å². The van der Waals surface area contributed by atoms with E-state index in [0.29, 0.717) is 13.0 Å². The Morgan fingerprint density at radius 1 is 1.06 bits per heavy atom. The van der Waals surface area contributed by atoms with Crippen LogP contribution in [0, 0.1) is 11.6 Å². The van der Waals surface area contributed by atoms with Crippen LogP contribution in [0.4, 0.5) is 14.5 Å². The standard InChI is InChI=1S/C13H12F2N2/c14-11-4-1-5-12(15)13(11)17-8-6-10-3-2-7-16-9-10/h1-5,7,9,17H,6,8H2. The van der Waals surface area contributed by atoms with Crippen LogP contribution in [0.2, 0.25) is 0 Å². The smallest absolute Gasteiger partial charge is 0.149 e. The van der Waals surface area contributed by atoms with E-state index in [4.69, 9.17) is 0 Å². The largest absolute Gasteiger partial charge is 0.380 e. The molecule has 1 N–H and O–H groups in total. The SMILES string of the molecule is Fc1cccc(F)c1NCCc1cccnc1. The molecule has 0 saturated heterocycles. The number of rotatable bonds is 4. The number of nitrogens with one attached hydrogen (secondary N) is 1. The highest BCUT2D eigenvalue weighted by Gasteiger charge is 2.06. The topological polar surface area (TPSA) is 24.9 Å². The number of para-hydroxylation sites is 1. The van der Waals surface area contributed by atoms with Crippen LogP contribution in [0.5, 0.6) is 0 Å². The minimum absolute atomic E-state index is 0.0728.